The van der Waals surface area contributed by atoms with Crippen molar-refractivity contribution in [1.82, 2.24) is 5.32 Å². The molecule has 0 radical (unpaired) electrons. The van der Waals surface area contributed by atoms with Crippen LogP contribution in [0.1, 0.15) is 232 Å². The number of phosphoric ester groups is 1. The maximum absolute atomic E-state index is 12.2. The van der Waals surface area contributed by atoms with Crippen LogP contribution in [0.2, 0.25) is 0 Å². The minimum absolute atomic E-state index is 0.0721. The van der Waals surface area contributed by atoms with E-state index in [0.717, 1.165) is 77.0 Å². The molecular formula is C55H98NO8P. The minimum Gasteiger partial charge on any atom is -0.463 e. The zero-order chi connectivity index (χ0) is 47.4. The van der Waals surface area contributed by atoms with Crippen LogP contribution in [0.15, 0.2) is 72.9 Å². The molecule has 0 saturated carbocycles. The van der Waals surface area contributed by atoms with E-state index in [4.69, 9.17) is 13.8 Å². The summed E-state index contributed by atoms with van der Waals surface area (Å²) in [5, 5.41) is 12.8. The predicted octanol–water partition coefficient (Wildman–Crippen LogP) is 15.8. The van der Waals surface area contributed by atoms with Gasteiger partial charge in [0.05, 0.1) is 13.2 Å². The molecule has 3 N–H and O–H groups in total. The van der Waals surface area contributed by atoms with Gasteiger partial charge in [-0.25, -0.2) is 4.57 Å². The molecule has 0 bridgehead atoms. The monoisotopic (exact) mass is 932 g/mol. The average molecular weight is 932 g/mol. The largest absolute Gasteiger partial charge is 0.472 e. The van der Waals surface area contributed by atoms with Gasteiger partial charge in [-0.2, -0.15) is 0 Å². The van der Waals surface area contributed by atoms with Gasteiger partial charge < -0.3 is 20.1 Å². The standard InChI is InChI=1S/C55H98NO8P/c1-3-5-7-9-11-13-15-17-19-21-23-25-26-28-29-31-33-35-37-39-41-43-45-47-54(58)56-49-50-63-65(60,61)64-52-53(57)51-62-55(59)48-46-44-42-40-38-36-34-32-30-27-24-22-20-18-16-14-12-10-8-6-4-2/h5,7,11,13,17-20,23,25,28-29,53,57H,3-4,6,8-10,12,14-16,21-22,24,26-27,30-52H2,1-2H3,(H,56,58)(H,60,61)/b7-5-,13-11-,19-17-,20-18+,25-23-,29-28-. The van der Waals surface area contributed by atoms with E-state index in [1.807, 2.05) is 0 Å². The van der Waals surface area contributed by atoms with Gasteiger partial charge in [0.25, 0.3) is 0 Å². The lowest BCUT2D eigenvalue weighted by Gasteiger charge is -2.15. The molecule has 376 valence electrons. The lowest BCUT2D eigenvalue weighted by molar-refractivity contribution is -0.147. The van der Waals surface area contributed by atoms with Gasteiger partial charge in [-0.15, -0.1) is 0 Å². The van der Waals surface area contributed by atoms with Crippen molar-refractivity contribution >= 4 is 19.7 Å². The summed E-state index contributed by atoms with van der Waals surface area (Å²) in [6.45, 7) is 3.44. The van der Waals surface area contributed by atoms with Gasteiger partial charge in [0.15, 0.2) is 0 Å². The number of phosphoric acid groups is 1. The van der Waals surface area contributed by atoms with Crippen LogP contribution in [0.25, 0.3) is 0 Å². The number of rotatable bonds is 49. The number of carbonyl (C=O) groups is 2. The molecular weight excluding hydrogens is 834 g/mol. The zero-order valence-electron chi connectivity index (χ0n) is 41.7. The van der Waals surface area contributed by atoms with Crippen molar-refractivity contribution in [3.8, 4) is 0 Å². The summed E-state index contributed by atoms with van der Waals surface area (Å²) in [5.41, 5.74) is 0. The first-order valence-corrected chi connectivity index (χ1v) is 27.9. The second-order valence-corrected chi connectivity index (χ2v) is 18.9. The molecule has 0 fully saturated rings. The Morgan fingerprint density at radius 2 is 0.877 bits per heavy atom. The number of unbranched alkanes of at least 4 members (excludes halogenated alkanes) is 24. The van der Waals surface area contributed by atoms with E-state index in [1.54, 1.807) is 0 Å². The van der Waals surface area contributed by atoms with Crippen molar-refractivity contribution < 1.29 is 37.9 Å². The zero-order valence-corrected chi connectivity index (χ0v) is 42.6. The van der Waals surface area contributed by atoms with Gasteiger partial charge in [-0.05, 0) is 83.5 Å². The van der Waals surface area contributed by atoms with Crippen molar-refractivity contribution in [1.29, 1.82) is 0 Å². The van der Waals surface area contributed by atoms with Crippen LogP contribution in [0, 0.1) is 0 Å². The maximum atomic E-state index is 12.2. The molecule has 0 aliphatic rings. The minimum atomic E-state index is -4.43. The summed E-state index contributed by atoms with van der Waals surface area (Å²) in [4.78, 5) is 34.1. The highest BCUT2D eigenvalue weighted by Gasteiger charge is 2.23. The Morgan fingerprint density at radius 1 is 0.492 bits per heavy atom. The van der Waals surface area contributed by atoms with Crippen LogP contribution in [0.3, 0.4) is 0 Å². The maximum Gasteiger partial charge on any atom is 0.472 e. The lowest BCUT2D eigenvalue weighted by Crippen LogP contribution is -2.27. The molecule has 2 unspecified atom stereocenters. The summed E-state index contributed by atoms with van der Waals surface area (Å²) in [7, 11) is -4.43. The Bertz CT molecular complexity index is 1290. The highest BCUT2D eigenvalue weighted by atomic mass is 31.2. The second-order valence-electron chi connectivity index (χ2n) is 17.5. The number of esters is 1. The third kappa shape index (κ3) is 52.3. The smallest absolute Gasteiger partial charge is 0.463 e. The van der Waals surface area contributed by atoms with Crippen molar-refractivity contribution in [3.05, 3.63) is 72.9 Å². The summed E-state index contributed by atoms with van der Waals surface area (Å²) >= 11 is 0. The Balaban J connectivity index is 3.58. The molecule has 0 heterocycles. The summed E-state index contributed by atoms with van der Waals surface area (Å²) in [6.07, 6.45) is 64.1. The summed E-state index contributed by atoms with van der Waals surface area (Å²) < 4.78 is 27.0. The third-order valence-electron chi connectivity index (χ3n) is 11.1. The molecule has 0 aliphatic carbocycles. The molecule has 0 aliphatic heterocycles. The topological polar surface area (TPSA) is 131 Å². The van der Waals surface area contributed by atoms with Gasteiger partial charge in [-0.1, -0.05) is 209 Å². The Labute approximate surface area is 399 Å². The average Bonchev–Trinajstić information content (AvgIpc) is 3.29. The van der Waals surface area contributed by atoms with Crippen molar-refractivity contribution in [3.63, 3.8) is 0 Å². The molecule has 1 amide bonds. The molecule has 0 aromatic rings. The number of aliphatic hydroxyl groups excluding tert-OH is 1. The molecule has 65 heavy (non-hydrogen) atoms. The van der Waals surface area contributed by atoms with Gasteiger partial charge in [0, 0.05) is 19.4 Å². The van der Waals surface area contributed by atoms with E-state index in [2.05, 4.69) is 92.1 Å². The van der Waals surface area contributed by atoms with Crippen LogP contribution < -0.4 is 5.32 Å². The molecule has 0 aromatic heterocycles. The fraction of sp³-hybridized carbons (Fsp3) is 0.745. The number of hydrogen-bond acceptors (Lipinski definition) is 7. The van der Waals surface area contributed by atoms with Crippen molar-refractivity contribution in [2.45, 2.75) is 238 Å². The van der Waals surface area contributed by atoms with Gasteiger partial charge in [0.1, 0.15) is 12.7 Å². The van der Waals surface area contributed by atoms with E-state index in [0.29, 0.717) is 6.42 Å². The molecule has 0 spiro atoms. The van der Waals surface area contributed by atoms with Crippen LogP contribution in [-0.4, -0.2) is 54.3 Å². The van der Waals surface area contributed by atoms with Crippen LogP contribution in [0.4, 0.5) is 0 Å². The fourth-order valence-electron chi connectivity index (χ4n) is 7.17. The number of carbonyl (C=O) groups excluding carboxylic acids is 2. The quantitative estimate of drug-likeness (QED) is 0.0238. The number of ether oxygens (including phenoxy) is 1. The molecule has 10 heteroatoms. The molecule has 2 atom stereocenters. The van der Waals surface area contributed by atoms with Gasteiger partial charge in [-0.3, -0.25) is 18.6 Å². The highest BCUT2D eigenvalue weighted by molar-refractivity contribution is 7.47. The SMILES string of the molecule is CC/C=C\C/C=C\C/C=C\C/C=C\C/C=C\CCCCCCCCCC(=O)NCCOP(=O)(O)OCC(O)COC(=O)CCCCCCCCCCCCC/C=C/CCCCCCCC. The predicted molar refractivity (Wildman–Crippen MR) is 275 cm³/mol. The Hall–Kier alpha value is -2.55. The third-order valence-corrected chi connectivity index (χ3v) is 12.1. The summed E-state index contributed by atoms with van der Waals surface area (Å²) in [5.74, 6) is -0.527. The second kappa shape index (κ2) is 50.9. The normalized spacial score (nSPS) is 13.7. The number of hydrogen-bond donors (Lipinski definition) is 3. The first-order chi connectivity index (χ1) is 31.8. The van der Waals surface area contributed by atoms with Crippen LogP contribution in [0.5, 0.6) is 0 Å². The Kier molecular flexibility index (Phi) is 48.9. The highest BCUT2D eigenvalue weighted by Crippen LogP contribution is 2.42. The van der Waals surface area contributed by atoms with Crippen LogP contribution >= 0.6 is 7.82 Å². The lowest BCUT2D eigenvalue weighted by atomic mass is 10.0. The van der Waals surface area contributed by atoms with Gasteiger partial charge in [0.2, 0.25) is 5.91 Å². The van der Waals surface area contributed by atoms with E-state index in [1.165, 1.54) is 128 Å². The van der Waals surface area contributed by atoms with E-state index < -0.39 is 26.5 Å². The Morgan fingerprint density at radius 3 is 1.34 bits per heavy atom. The fourth-order valence-corrected chi connectivity index (χ4v) is 7.92. The first-order valence-electron chi connectivity index (χ1n) is 26.4. The van der Waals surface area contributed by atoms with Crippen LogP contribution in [-0.2, 0) is 27.9 Å². The van der Waals surface area contributed by atoms with E-state index in [-0.39, 0.29) is 32.1 Å². The molecule has 0 saturated heterocycles. The molecule has 9 nitrogen and oxygen atoms in total. The number of amides is 1. The van der Waals surface area contributed by atoms with Crippen molar-refractivity contribution in [2.75, 3.05) is 26.4 Å². The molecule has 0 rings (SSSR count). The van der Waals surface area contributed by atoms with E-state index >= 15 is 0 Å². The van der Waals surface area contributed by atoms with Crippen molar-refractivity contribution in [2.24, 2.45) is 0 Å². The van der Waals surface area contributed by atoms with E-state index in [9.17, 15) is 24.2 Å². The summed E-state index contributed by atoms with van der Waals surface area (Å²) in [6, 6.07) is 0. The number of aliphatic hydroxyl groups is 1. The number of allylic oxidation sites excluding steroid dienone is 12. The number of nitrogens with one attached hydrogen (secondary N) is 1. The van der Waals surface area contributed by atoms with Gasteiger partial charge >= 0.3 is 13.8 Å². The first kappa shape index (κ1) is 62.4. The molecule has 0 aromatic carbocycles.